The van der Waals surface area contributed by atoms with Crippen LogP contribution in [0.25, 0.3) is 10.2 Å². The first kappa shape index (κ1) is 14.5. The SMILES string of the molecule is CCc1cc2c(=O)n(Cc3ccc(C(=O)[O-])cc3)cnc2s1. The van der Waals surface area contributed by atoms with Gasteiger partial charge in [0.25, 0.3) is 5.56 Å². The third-order valence-electron chi connectivity index (χ3n) is 3.46. The molecule has 6 heteroatoms. The van der Waals surface area contributed by atoms with Crippen molar-refractivity contribution in [2.75, 3.05) is 0 Å². The third-order valence-corrected chi connectivity index (χ3v) is 4.65. The number of rotatable bonds is 4. The second-order valence-corrected chi connectivity index (χ2v) is 6.06. The van der Waals surface area contributed by atoms with Crippen LogP contribution in [0.4, 0.5) is 0 Å². The zero-order valence-corrected chi connectivity index (χ0v) is 12.7. The van der Waals surface area contributed by atoms with Crippen LogP contribution < -0.4 is 10.7 Å². The van der Waals surface area contributed by atoms with Crippen LogP contribution in [-0.2, 0) is 13.0 Å². The van der Waals surface area contributed by atoms with Crippen LogP contribution in [0.15, 0.2) is 41.5 Å². The average molecular weight is 313 g/mol. The Morgan fingerprint density at radius 3 is 2.68 bits per heavy atom. The lowest BCUT2D eigenvalue weighted by atomic mass is 10.1. The molecule has 5 nitrogen and oxygen atoms in total. The van der Waals surface area contributed by atoms with Crippen molar-refractivity contribution < 1.29 is 9.90 Å². The van der Waals surface area contributed by atoms with Gasteiger partial charge in [-0.15, -0.1) is 11.3 Å². The second-order valence-electron chi connectivity index (χ2n) is 4.95. The number of hydrogen-bond acceptors (Lipinski definition) is 5. The molecule has 0 aliphatic rings. The molecule has 0 spiro atoms. The first-order valence-corrected chi connectivity index (χ1v) is 7.68. The Hall–Kier alpha value is -2.47. The third kappa shape index (κ3) is 2.65. The number of benzene rings is 1. The summed E-state index contributed by atoms with van der Waals surface area (Å²) in [7, 11) is 0. The summed E-state index contributed by atoms with van der Waals surface area (Å²) in [5.74, 6) is -1.21. The number of aromatic carboxylic acids is 1. The van der Waals surface area contributed by atoms with Crippen LogP contribution in [0.5, 0.6) is 0 Å². The van der Waals surface area contributed by atoms with Gasteiger partial charge in [-0.2, -0.15) is 0 Å². The van der Waals surface area contributed by atoms with Crippen molar-refractivity contribution in [3.05, 3.63) is 63.0 Å². The largest absolute Gasteiger partial charge is 0.545 e. The van der Waals surface area contributed by atoms with Gasteiger partial charge < -0.3 is 9.90 Å². The van der Waals surface area contributed by atoms with E-state index in [-0.39, 0.29) is 11.1 Å². The van der Waals surface area contributed by atoms with Crippen molar-refractivity contribution >= 4 is 27.5 Å². The Morgan fingerprint density at radius 1 is 1.32 bits per heavy atom. The van der Waals surface area contributed by atoms with E-state index in [4.69, 9.17) is 0 Å². The fourth-order valence-corrected chi connectivity index (χ4v) is 3.17. The van der Waals surface area contributed by atoms with Gasteiger partial charge in [0.15, 0.2) is 0 Å². The first-order valence-electron chi connectivity index (χ1n) is 6.86. The Morgan fingerprint density at radius 2 is 2.05 bits per heavy atom. The fourth-order valence-electron chi connectivity index (χ4n) is 2.24. The topological polar surface area (TPSA) is 75.0 Å². The van der Waals surface area contributed by atoms with Crippen LogP contribution in [0.1, 0.15) is 27.7 Å². The van der Waals surface area contributed by atoms with E-state index in [1.54, 1.807) is 12.1 Å². The molecule has 2 heterocycles. The van der Waals surface area contributed by atoms with Gasteiger partial charge in [-0.3, -0.25) is 9.36 Å². The molecule has 0 aliphatic heterocycles. The van der Waals surface area contributed by atoms with E-state index in [0.717, 1.165) is 21.7 Å². The number of carboxylic acid groups (broad SMARTS) is 1. The standard InChI is InChI=1S/C16H14N2O3S/c1-2-12-7-13-14(22-12)17-9-18(15(13)19)8-10-3-5-11(6-4-10)16(20)21/h3-7,9H,2,8H2,1H3,(H,20,21)/p-1. The van der Waals surface area contributed by atoms with E-state index in [9.17, 15) is 14.7 Å². The molecular weight excluding hydrogens is 300 g/mol. The van der Waals surface area contributed by atoms with Crippen LogP contribution in [-0.4, -0.2) is 15.5 Å². The molecular formula is C16H13N2O3S-. The van der Waals surface area contributed by atoms with Gasteiger partial charge in [-0.1, -0.05) is 31.2 Å². The minimum atomic E-state index is -1.21. The second kappa shape index (κ2) is 5.73. The number of carbonyl (C=O) groups excluding carboxylic acids is 1. The fraction of sp³-hybridized carbons (Fsp3) is 0.188. The maximum Gasteiger partial charge on any atom is 0.262 e. The number of thiophene rings is 1. The zero-order valence-electron chi connectivity index (χ0n) is 11.9. The van der Waals surface area contributed by atoms with Crippen molar-refractivity contribution in [3.8, 4) is 0 Å². The van der Waals surface area contributed by atoms with Gasteiger partial charge in [0, 0.05) is 4.88 Å². The quantitative estimate of drug-likeness (QED) is 0.730. The monoisotopic (exact) mass is 313 g/mol. The predicted molar refractivity (Wildman–Crippen MR) is 83.1 cm³/mol. The molecule has 0 N–H and O–H groups in total. The highest BCUT2D eigenvalue weighted by atomic mass is 32.1. The zero-order chi connectivity index (χ0) is 15.7. The summed E-state index contributed by atoms with van der Waals surface area (Å²) in [6, 6.07) is 8.19. The van der Waals surface area contributed by atoms with Gasteiger partial charge in [-0.05, 0) is 23.6 Å². The van der Waals surface area contributed by atoms with Gasteiger partial charge >= 0.3 is 0 Å². The maximum absolute atomic E-state index is 12.5. The molecule has 1 aromatic carbocycles. The first-order chi connectivity index (χ1) is 10.6. The van der Waals surface area contributed by atoms with Crippen molar-refractivity contribution in [1.29, 1.82) is 0 Å². The van der Waals surface area contributed by atoms with E-state index in [0.29, 0.717) is 11.9 Å². The Balaban J connectivity index is 1.95. The maximum atomic E-state index is 12.5. The lowest BCUT2D eigenvalue weighted by Crippen LogP contribution is -2.22. The molecule has 0 aliphatic carbocycles. The van der Waals surface area contributed by atoms with Crippen LogP contribution >= 0.6 is 11.3 Å². The Kier molecular flexibility index (Phi) is 3.77. The molecule has 0 saturated carbocycles. The predicted octanol–water partition coefficient (Wildman–Crippen LogP) is 1.43. The normalized spacial score (nSPS) is 11.0. The summed E-state index contributed by atoms with van der Waals surface area (Å²) >= 11 is 1.53. The molecule has 112 valence electrons. The molecule has 3 rings (SSSR count). The van der Waals surface area contributed by atoms with E-state index in [2.05, 4.69) is 4.98 Å². The Bertz CT molecular complexity index is 894. The number of aromatic nitrogens is 2. The van der Waals surface area contributed by atoms with Crippen molar-refractivity contribution in [3.63, 3.8) is 0 Å². The molecule has 0 amide bonds. The molecule has 3 aromatic rings. The number of fused-ring (bicyclic) bond motifs is 1. The molecule has 0 fully saturated rings. The van der Waals surface area contributed by atoms with Crippen LogP contribution in [0, 0.1) is 0 Å². The Labute approximate surface area is 130 Å². The highest BCUT2D eigenvalue weighted by molar-refractivity contribution is 7.18. The number of aryl methyl sites for hydroxylation is 1. The van der Waals surface area contributed by atoms with Gasteiger partial charge in [-0.25, -0.2) is 4.98 Å². The van der Waals surface area contributed by atoms with Gasteiger partial charge in [0.2, 0.25) is 0 Å². The molecule has 0 unspecified atom stereocenters. The van der Waals surface area contributed by atoms with Crippen molar-refractivity contribution in [2.24, 2.45) is 0 Å². The molecule has 0 atom stereocenters. The number of carboxylic acids is 1. The smallest absolute Gasteiger partial charge is 0.262 e. The van der Waals surface area contributed by atoms with E-state index in [1.807, 2.05) is 13.0 Å². The molecule has 0 saturated heterocycles. The van der Waals surface area contributed by atoms with Crippen LogP contribution in [0.2, 0.25) is 0 Å². The summed E-state index contributed by atoms with van der Waals surface area (Å²) in [4.78, 5) is 29.4. The molecule has 0 radical (unpaired) electrons. The minimum Gasteiger partial charge on any atom is -0.545 e. The average Bonchev–Trinajstić information content (AvgIpc) is 2.95. The van der Waals surface area contributed by atoms with Crippen LogP contribution in [0.3, 0.4) is 0 Å². The number of nitrogens with zero attached hydrogens (tertiary/aromatic N) is 2. The lowest BCUT2D eigenvalue weighted by Gasteiger charge is -2.07. The summed E-state index contributed by atoms with van der Waals surface area (Å²) in [6.07, 6.45) is 2.42. The number of carbonyl (C=O) groups is 1. The summed E-state index contributed by atoms with van der Waals surface area (Å²) in [6.45, 7) is 2.40. The number of hydrogen-bond donors (Lipinski definition) is 0. The summed E-state index contributed by atoms with van der Waals surface area (Å²) in [5, 5.41) is 11.4. The highest BCUT2D eigenvalue weighted by Gasteiger charge is 2.08. The van der Waals surface area contributed by atoms with E-state index >= 15 is 0 Å². The van der Waals surface area contributed by atoms with Crippen molar-refractivity contribution in [1.82, 2.24) is 9.55 Å². The highest BCUT2D eigenvalue weighted by Crippen LogP contribution is 2.21. The van der Waals surface area contributed by atoms with E-state index < -0.39 is 5.97 Å². The lowest BCUT2D eigenvalue weighted by molar-refractivity contribution is -0.255. The molecule has 2 aromatic heterocycles. The van der Waals surface area contributed by atoms with Gasteiger partial charge in [0.05, 0.1) is 24.2 Å². The molecule has 0 bridgehead atoms. The minimum absolute atomic E-state index is 0.0788. The van der Waals surface area contributed by atoms with Gasteiger partial charge in [0.1, 0.15) is 4.83 Å². The summed E-state index contributed by atoms with van der Waals surface area (Å²) < 4.78 is 1.53. The molecule has 22 heavy (non-hydrogen) atoms. The van der Waals surface area contributed by atoms with E-state index in [1.165, 1.54) is 34.4 Å². The van der Waals surface area contributed by atoms with Crippen molar-refractivity contribution in [2.45, 2.75) is 19.9 Å². The summed E-state index contributed by atoms with van der Waals surface area (Å²) in [5.41, 5.74) is 0.874.